The lowest BCUT2D eigenvalue weighted by atomic mass is 10.1. The number of nitrogens with two attached hydrogens (primary N) is 1. The van der Waals surface area contributed by atoms with Gasteiger partial charge in [-0.05, 0) is 44.2 Å². The van der Waals surface area contributed by atoms with Crippen LogP contribution in [0.25, 0.3) is 21.9 Å². The molecule has 0 bridgehead atoms. The van der Waals surface area contributed by atoms with Crippen LogP contribution in [0.15, 0.2) is 66.9 Å². The van der Waals surface area contributed by atoms with Crippen molar-refractivity contribution in [2.45, 2.75) is 26.9 Å². The summed E-state index contributed by atoms with van der Waals surface area (Å²) < 4.78 is 8.92. The van der Waals surface area contributed by atoms with Gasteiger partial charge < -0.3 is 20.4 Å². The number of para-hydroxylation sites is 1. The van der Waals surface area contributed by atoms with E-state index in [1.54, 1.807) is 39.7 Å². The van der Waals surface area contributed by atoms with Gasteiger partial charge in [-0.25, -0.2) is 4.98 Å². The van der Waals surface area contributed by atoms with Crippen molar-refractivity contribution in [3.63, 3.8) is 0 Å². The molecular formula is C30H30N8O4. The predicted octanol–water partition coefficient (Wildman–Crippen LogP) is 3.46. The fraction of sp³-hybridized carbons (Fsp3) is 0.200. The summed E-state index contributed by atoms with van der Waals surface area (Å²) in [6.07, 6.45) is 5.17. The molecule has 0 aliphatic rings. The van der Waals surface area contributed by atoms with Crippen molar-refractivity contribution in [3.05, 3.63) is 89.4 Å². The van der Waals surface area contributed by atoms with E-state index in [4.69, 9.17) is 10.5 Å². The van der Waals surface area contributed by atoms with Gasteiger partial charge in [-0.2, -0.15) is 5.10 Å². The summed E-state index contributed by atoms with van der Waals surface area (Å²) in [6, 6.07) is 14.2. The summed E-state index contributed by atoms with van der Waals surface area (Å²) in [7, 11) is 1.48. The number of hydrogen-bond acceptors (Lipinski definition) is 7. The van der Waals surface area contributed by atoms with Crippen molar-refractivity contribution in [1.82, 2.24) is 29.6 Å². The van der Waals surface area contributed by atoms with Crippen molar-refractivity contribution in [3.8, 4) is 5.75 Å². The normalized spacial score (nSPS) is 11.3. The Hall–Kier alpha value is -5.52. The van der Waals surface area contributed by atoms with E-state index in [2.05, 4.69) is 25.7 Å². The number of rotatable bonds is 10. The summed E-state index contributed by atoms with van der Waals surface area (Å²) >= 11 is 0. The third kappa shape index (κ3) is 5.68. The molecule has 42 heavy (non-hydrogen) atoms. The molecule has 0 unspecified atom stereocenters. The fourth-order valence-electron chi connectivity index (χ4n) is 4.65. The molecule has 0 aliphatic carbocycles. The minimum Gasteiger partial charge on any atom is -0.494 e. The monoisotopic (exact) mass is 566 g/mol. The number of carbonyl (C=O) groups excluding carboxylic acids is 3. The number of amides is 3. The van der Waals surface area contributed by atoms with Gasteiger partial charge in [0.05, 0.1) is 29.4 Å². The molecular weight excluding hydrogens is 536 g/mol. The minimum absolute atomic E-state index is 0.225. The Labute approximate surface area is 241 Å². The van der Waals surface area contributed by atoms with Gasteiger partial charge >= 0.3 is 0 Å². The molecule has 0 aliphatic heterocycles. The number of aromatic nitrogens is 5. The number of nitrogens with one attached hydrogen (secondary N) is 2. The molecule has 5 rings (SSSR count). The summed E-state index contributed by atoms with van der Waals surface area (Å²) in [5, 5.41) is 11.0. The van der Waals surface area contributed by atoms with Crippen LogP contribution in [-0.2, 0) is 13.1 Å². The van der Waals surface area contributed by atoms with Gasteiger partial charge in [0.25, 0.3) is 11.8 Å². The van der Waals surface area contributed by atoms with Gasteiger partial charge in [0.15, 0.2) is 0 Å². The highest BCUT2D eigenvalue weighted by atomic mass is 16.5. The fourth-order valence-corrected chi connectivity index (χ4v) is 4.65. The van der Waals surface area contributed by atoms with E-state index in [1.165, 1.54) is 13.2 Å². The van der Waals surface area contributed by atoms with Crippen LogP contribution in [-0.4, -0.2) is 55.7 Å². The first kappa shape index (κ1) is 28.0. The van der Waals surface area contributed by atoms with Crippen molar-refractivity contribution in [1.29, 1.82) is 0 Å². The lowest BCUT2D eigenvalue weighted by Crippen LogP contribution is -2.23. The molecule has 2 aromatic carbocycles. The number of aryl methyl sites for hydroxylation is 2. The van der Waals surface area contributed by atoms with Gasteiger partial charge in [0.2, 0.25) is 11.9 Å². The number of imidazole rings is 1. The summed E-state index contributed by atoms with van der Waals surface area (Å²) in [5.74, 6) is -0.651. The van der Waals surface area contributed by atoms with E-state index < -0.39 is 5.91 Å². The second kappa shape index (κ2) is 11.9. The Morgan fingerprint density at radius 1 is 1.02 bits per heavy atom. The number of pyridine rings is 1. The maximum atomic E-state index is 13.2. The van der Waals surface area contributed by atoms with Crippen LogP contribution in [0.1, 0.15) is 43.8 Å². The van der Waals surface area contributed by atoms with Crippen LogP contribution in [0, 0.1) is 6.92 Å². The maximum absolute atomic E-state index is 13.2. The number of methoxy groups -OCH3 is 1. The molecule has 0 radical (unpaired) electrons. The highest BCUT2D eigenvalue weighted by molar-refractivity contribution is 6.04. The quantitative estimate of drug-likeness (QED) is 0.218. The zero-order chi connectivity index (χ0) is 29.8. The molecule has 0 saturated heterocycles. The first-order valence-corrected chi connectivity index (χ1v) is 13.3. The van der Waals surface area contributed by atoms with E-state index >= 15 is 0 Å². The van der Waals surface area contributed by atoms with Crippen molar-refractivity contribution in [2.75, 3.05) is 19.0 Å². The smallest absolute Gasteiger partial charge is 0.276 e. The number of carbonyl (C=O) groups is 3. The lowest BCUT2D eigenvalue weighted by molar-refractivity contribution is 0.0955. The Kier molecular flexibility index (Phi) is 7.96. The van der Waals surface area contributed by atoms with Gasteiger partial charge in [-0.3, -0.25) is 29.4 Å². The first-order chi connectivity index (χ1) is 20.3. The number of primary amides is 1. The Bertz CT molecular complexity index is 1850. The highest BCUT2D eigenvalue weighted by Gasteiger charge is 2.21. The second-order valence-electron chi connectivity index (χ2n) is 9.50. The van der Waals surface area contributed by atoms with Crippen LogP contribution >= 0.6 is 0 Å². The summed E-state index contributed by atoms with van der Waals surface area (Å²) in [4.78, 5) is 46.7. The largest absolute Gasteiger partial charge is 0.494 e. The summed E-state index contributed by atoms with van der Waals surface area (Å²) in [5.41, 5.74) is 9.11. The topological polar surface area (TPSA) is 159 Å². The second-order valence-corrected chi connectivity index (χ2v) is 9.50. The Morgan fingerprint density at radius 2 is 1.83 bits per heavy atom. The number of fused-ring (bicyclic) bond motifs is 2. The third-order valence-corrected chi connectivity index (χ3v) is 6.66. The summed E-state index contributed by atoms with van der Waals surface area (Å²) in [6.45, 7) is 4.77. The van der Waals surface area contributed by atoms with Crippen LogP contribution in [0.3, 0.4) is 0 Å². The molecule has 0 saturated carbocycles. The molecule has 0 fully saturated rings. The number of allylic oxidation sites excluding steroid dienone is 1. The van der Waals surface area contributed by atoms with Crippen LogP contribution in [0.4, 0.5) is 5.95 Å². The molecule has 3 heterocycles. The van der Waals surface area contributed by atoms with Gasteiger partial charge in [0, 0.05) is 36.8 Å². The van der Waals surface area contributed by atoms with Crippen molar-refractivity contribution >= 4 is 45.6 Å². The van der Waals surface area contributed by atoms with E-state index in [0.29, 0.717) is 40.3 Å². The van der Waals surface area contributed by atoms with Gasteiger partial charge in [-0.1, -0.05) is 30.4 Å². The number of anilines is 1. The number of benzene rings is 2. The lowest BCUT2D eigenvalue weighted by Gasteiger charge is -2.11. The highest BCUT2D eigenvalue weighted by Crippen LogP contribution is 2.31. The van der Waals surface area contributed by atoms with Crippen molar-refractivity contribution < 1.29 is 19.1 Å². The van der Waals surface area contributed by atoms with Crippen LogP contribution < -0.4 is 21.1 Å². The molecule has 0 spiro atoms. The zero-order valence-electron chi connectivity index (χ0n) is 23.4. The molecule has 12 nitrogen and oxygen atoms in total. The Balaban J connectivity index is 1.38. The number of nitrogens with zero attached hydrogens (tertiary/aromatic N) is 5. The zero-order valence-corrected chi connectivity index (χ0v) is 23.4. The SMILES string of the molecule is CCn1nc(C)cc1C(=O)Nc1nc2cc(C(N)=O)cc(OC)c2n1C/C=C/CNC(=O)c1cnc2ccccc2c1. The van der Waals surface area contributed by atoms with Crippen LogP contribution in [0.2, 0.25) is 0 Å². The third-order valence-electron chi connectivity index (χ3n) is 6.66. The predicted molar refractivity (Wildman–Crippen MR) is 159 cm³/mol. The molecule has 0 atom stereocenters. The van der Waals surface area contributed by atoms with E-state index in [1.807, 2.05) is 44.2 Å². The molecule has 3 aromatic heterocycles. The molecule has 4 N–H and O–H groups in total. The molecule has 5 aromatic rings. The van der Waals surface area contributed by atoms with E-state index in [0.717, 1.165) is 10.9 Å². The average molecular weight is 567 g/mol. The van der Waals surface area contributed by atoms with Crippen molar-refractivity contribution in [2.24, 2.45) is 5.73 Å². The molecule has 214 valence electrons. The van der Waals surface area contributed by atoms with Gasteiger partial charge in [0.1, 0.15) is 17.0 Å². The minimum atomic E-state index is -0.630. The number of hydrogen-bond donors (Lipinski definition) is 3. The standard InChI is InChI=1S/C30H30N8O4/c1-4-38-24(13-18(2)36-38)29(41)35-30-34-23-15-20(27(31)39)16-25(42-3)26(23)37(30)12-8-7-11-32-28(40)21-14-19-9-5-6-10-22(19)33-17-21/h5-10,13-17H,4,11-12H2,1-3H3,(H2,31,39)(H,32,40)(H,34,35,41)/b8-7+. The van der Waals surface area contributed by atoms with E-state index in [9.17, 15) is 14.4 Å². The van der Waals surface area contributed by atoms with E-state index in [-0.39, 0.29) is 36.4 Å². The Morgan fingerprint density at radius 3 is 2.60 bits per heavy atom. The number of ether oxygens (including phenoxy) is 1. The first-order valence-electron chi connectivity index (χ1n) is 13.3. The van der Waals surface area contributed by atoms with Crippen LogP contribution in [0.5, 0.6) is 5.75 Å². The molecule has 3 amide bonds. The molecule has 12 heteroatoms. The average Bonchev–Trinajstić information content (AvgIpc) is 3.55. The maximum Gasteiger partial charge on any atom is 0.276 e. The van der Waals surface area contributed by atoms with Gasteiger partial charge in [-0.15, -0.1) is 0 Å².